The molecule has 0 bridgehead atoms. The van der Waals surface area contributed by atoms with Crippen LogP contribution in [0.1, 0.15) is 44.7 Å². The maximum atomic E-state index is 12.7. The third-order valence-electron chi connectivity index (χ3n) is 3.76. The molecule has 1 N–H and O–H groups in total. The quantitative estimate of drug-likeness (QED) is 0.813. The Labute approximate surface area is 149 Å². The van der Waals surface area contributed by atoms with E-state index in [1.54, 1.807) is 12.1 Å². The summed E-state index contributed by atoms with van der Waals surface area (Å²) < 4.78 is 32.9. The van der Waals surface area contributed by atoms with Crippen molar-refractivity contribution in [2.75, 3.05) is 11.8 Å². The van der Waals surface area contributed by atoms with Crippen LogP contribution in [0, 0.1) is 5.92 Å². The zero-order valence-electron chi connectivity index (χ0n) is 15.3. The molecule has 7 heteroatoms. The molecule has 2 aromatic rings. The molecular weight excluding hydrogens is 338 g/mol. The van der Waals surface area contributed by atoms with Gasteiger partial charge >= 0.3 is 0 Å². The zero-order valence-corrected chi connectivity index (χ0v) is 16.1. The average Bonchev–Trinajstić information content (AvgIpc) is 2.53. The lowest BCUT2D eigenvalue weighted by atomic mass is 9.92. The largest absolute Gasteiger partial charge is 0.481 e. The number of hydrogen-bond acceptors (Lipinski definition) is 5. The van der Waals surface area contributed by atoms with Gasteiger partial charge in [0.25, 0.3) is 10.0 Å². The van der Waals surface area contributed by atoms with Crippen LogP contribution in [0.2, 0.25) is 0 Å². The molecule has 0 saturated heterocycles. The first-order valence-corrected chi connectivity index (χ1v) is 9.73. The summed E-state index contributed by atoms with van der Waals surface area (Å²) >= 11 is 0. The van der Waals surface area contributed by atoms with E-state index >= 15 is 0 Å². The summed E-state index contributed by atoms with van der Waals surface area (Å²) in [4.78, 5) is 8.03. The normalized spacial score (nSPS) is 11.8. The van der Waals surface area contributed by atoms with Crippen molar-refractivity contribution >= 4 is 15.8 Å². The number of sulfonamides is 1. The first kappa shape index (κ1) is 19.2. The Morgan fingerprint density at radius 3 is 2.44 bits per heavy atom. The molecule has 25 heavy (non-hydrogen) atoms. The van der Waals surface area contributed by atoms with Gasteiger partial charge < -0.3 is 4.74 Å². The van der Waals surface area contributed by atoms with Crippen LogP contribution in [-0.2, 0) is 16.4 Å². The number of nitrogens with one attached hydrogen (secondary N) is 1. The van der Waals surface area contributed by atoms with E-state index in [4.69, 9.17) is 4.74 Å². The Morgan fingerprint density at radius 1 is 1.12 bits per heavy atom. The van der Waals surface area contributed by atoms with Crippen molar-refractivity contribution in [2.24, 2.45) is 5.92 Å². The van der Waals surface area contributed by atoms with Crippen molar-refractivity contribution in [1.29, 1.82) is 0 Å². The van der Waals surface area contributed by atoms with E-state index < -0.39 is 10.0 Å². The van der Waals surface area contributed by atoms with Gasteiger partial charge in [-0.25, -0.2) is 18.4 Å². The molecular formula is C18H25N3O3S. The van der Waals surface area contributed by atoms with Crippen LogP contribution in [-0.4, -0.2) is 25.5 Å². The van der Waals surface area contributed by atoms with E-state index in [-0.39, 0.29) is 10.7 Å². The highest BCUT2D eigenvalue weighted by Gasteiger charge is 2.18. The number of hydrogen-bond donors (Lipinski definition) is 1. The number of ether oxygens (including phenoxy) is 1. The second-order valence-electron chi connectivity index (χ2n) is 6.66. The lowest BCUT2D eigenvalue weighted by Crippen LogP contribution is -2.15. The second kappa shape index (κ2) is 7.82. The molecule has 1 heterocycles. The summed E-state index contributed by atoms with van der Waals surface area (Å²) in [5, 5.41) is 0. The van der Waals surface area contributed by atoms with Gasteiger partial charge in [0.05, 0.1) is 12.0 Å². The maximum absolute atomic E-state index is 12.7. The van der Waals surface area contributed by atoms with Gasteiger partial charge in [-0.1, -0.05) is 33.8 Å². The lowest BCUT2D eigenvalue weighted by Gasteiger charge is -2.16. The molecule has 1 aromatic heterocycles. The predicted octanol–water partition coefficient (Wildman–Crippen LogP) is 3.61. The van der Waals surface area contributed by atoms with E-state index in [0.717, 1.165) is 12.0 Å². The molecule has 0 saturated carbocycles. The number of aromatic nitrogens is 2. The fourth-order valence-corrected chi connectivity index (χ4v) is 3.68. The van der Waals surface area contributed by atoms with E-state index in [2.05, 4.69) is 42.4 Å². The highest BCUT2D eigenvalue weighted by Crippen LogP contribution is 2.26. The first-order chi connectivity index (χ1) is 11.7. The molecule has 0 aliphatic rings. The van der Waals surface area contributed by atoms with Crippen LogP contribution < -0.4 is 9.46 Å². The van der Waals surface area contributed by atoms with Crippen molar-refractivity contribution in [3.8, 4) is 5.88 Å². The van der Waals surface area contributed by atoms with Crippen LogP contribution in [0.5, 0.6) is 5.88 Å². The fraction of sp³-hybridized carbons (Fsp3) is 0.444. The van der Waals surface area contributed by atoms with Gasteiger partial charge in [0.1, 0.15) is 12.1 Å². The van der Waals surface area contributed by atoms with Gasteiger partial charge in [-0.3, -0.25) is 4.72 Å². The Morgan fingerprint density at radius 2 is 1.84 bits per heavy atom. The van der Waals surface area contributed by atoms with Gasteiger partial charge in [-0.05, 0) is 41.5 Å². The van der Waals surface area contributed by atoms with Gasteiger partial charge in [-0.2, -0.15) is 0 Å². The Hall–Kier alpha value is -2.15. The third kappa shape index (κ3) is 4.92. The van der Waals surface area contributed by atoms with Crippen LogP contribution in [0.3, 0.4) is 0 Å². The van der Waals surface area contributed by atoms with E-state index in [9.17, 15) is 8.42 Å². The molecule has 0 aliphatic carbocycles. The number of nitrogens with zero attached hydrogens (tertiary/aromatic N) is 2. The Bertz CT molecular complexity index is 833. The smallest absolute Gasteiger partial charge is 0.263 e. The summed E-state index contributed by atoms with van der Waals surface area (Å²) in [7, 11) is -2.27. The summed E-state index contributed by atoms with van der Waals surface area (Å²) in [5.74, 6) is 1.24. The summed E-state index contributed by atoms with van der Waals surface area (Å²) in [5.41, 5.74) is 2.24. The van der Waals surface area contributed by atoms with Gasteiger partial charge in [0.2, 0.25) is 5.88 Å². The molecule has 0 radical (unpaired) electrons. The first-order valence-electron chi connectivity index (χ1n) is 8.24. The molecule has 2 rings (SSSR count). The van der Waals surface area contributed by atoms with Gasteiger partial charge in [0, 0.05) is 6.07 Å². The number of anilines is 1. The third-order valence-corrected chi connectivity index (χ3v) is 5.12. The molecule has 0 amide bonds. The molecule has 1 aromatic carbocycles. The number of methoxy groups -OCH3 is 1. The van der Waals surface area contributed by atoms with Crippen LogP contribution in [0.15, 0.2) is 35.5 Å². The van der Waals surface area contributed by atoms with Crippen LogP contribution >= 0.6 is 0 Å². The molecule has 0 fully saturated rings. The van der Waals surface area contributed by atoms with E-state index in [1.807, 2.05) is 6.07 Å². The van der Waals surface area contributed by atoms with Crippen molar-refractivity contribution in [3.63, 3.8) is 0 Å². The van der Waals surface area contributed by atoms with Crippen molar-refractivity contribution in [2.45, 2.75) is 44.9 Å². The zero-order chi connectivity index (χ0) is 18.6. The molecule has 6 nitrogen and oxygen atoms in total. The molecule has 0 atom stereocenters. The van der Waals surface area contributed by atoms with Gasteiger partial charge in [0.15, 0.2) is 0 Å². The van der Waals surface area contributed by atoms with Gasteiger partial charge in [-0.15, -0.1) is 0 Å². The minimum atomic E-state index is -3.73. The monoisotopic (exact) mass is 363 g/mol. The van der Waals surface area contributed by atoms with E-state index in [1.165, 1.54) is 25.1 Å². The van der Waals surface area contributed by atoms with Crippen molar-refractivity contribution < 1.29 is 13.2 Å². The van der Waals surface area contributed by atoms with Crippen molar-refractivity contribution in [1.82, 2.24) is 9.97 Å². The molecule has 0 unspecified atom stereocenters. The standard InChI is InChI=1S/C18H25N3O3S/c1-12(2)8-14-9-15(6-7-16(14)13(3)4)25(22,23)21-17-10-18(24-5)20-11-19-17/h6-7,9-13H,8H2,1-5H3,(H,19,20,21). The molecule has 0 spiro atoms. The Balaban J connectivity index is 2.38. The highest BCUT2D eigenvalue weighted by molar-refractivity contribution is 7.92. The minimum absolute atomic E-state index is 0.171. The minimum Gasteiger partial charge on any atom is -0.481 e. The number of benzene rings is 1. The highest BCUT2D eigenvalue weighted by atomic mass is 32.2. The number of rotatable bonds is 7. The topological polar surface area (TPSA) is 81.2 Å². The fourth-order valence-electron chi connectivity index (χ4n) is 2.63. The Kier molecular flexibility index (Phi) is 6.00. The average molecular weight is 363 g/mol. The molecule has 136 valence electrons. The summed E-state index contributed by atoms with van der Waals surface area (Å²) in [6.07, 6.45) is 2.08. The van der Waals surface area contributed by atoms with Crippen LogP contribution in [0.25, 0.3) is 0 Å². The van der Waals surface area contributed by atoms with E-state index in [0.29, 0.717) is 17.7 Å². The lowest BCUT2D eigenvalue weighted by molar-refractivity contribution is 0.397. The predicted molar refractivity (Wildman–Crippen MR) is 98.5 cm³/mol. The second-order valence-corrected chi connectivity index (χ2v) is 8.35. The SMILES string of the molecule is COc1cc(NS(=O)(=O)c2ccc(C(C)C)c(CC(C)C)c2)ncn1. The van der Waals surface area contributed by atoms with Crippen LogP contribution in [0.4, 0.5) is 5.82 Å². The maximum Gasteiger partial charge on any atom is 0.263 e. The summed E-state index contributed by atoms with van der Waals surface area (Å²) in [6.45, 7) is 8.46. The van der Waals surface area contributed by atoms with Crippen molar-refractivity contribution in [3.05, 3.63) is 41.7 Å². The summed E-state index contributed by atoms with van der Waals surface area (Å²) in [6, 6.07) is 6.74. The molecule has 0 aliphatic heterocycles.